The van der Waals surface area contributed by atoms with Crippen LogP contribution in [0.3, 0.4) is 0 Å². The van der Waals surface area contributed by atoms with Crippen molar-refractivity contribution in [1.29, 1.82) is 0 Å². The number of ether oxygens (including phenoxy) is 1. The number of thiophene rings is 1. The highest BCUT2D eigenvalue weighted by atomic mass is 35.5. The maximum atomic E-state index is 13.3. The molecular formula is C18H12Cl2FNO3S. The minimum Gasteiger partial charge on any atom is -0.451 e. The van der Waals surface area contributed by atoms with E-state index in [4.69, 9.17) is 27.9 Å². The number of benzene rings is 2. The van der Waals surface area contributed by atoms with Gasteiger partial charge in [0.15, 0.2) is 6.61 Å². The van der Waals surface area contributed by atoms with Gasteiger partial charge in [-0.1, -0.05) is 29.3 Å². The van der Waals surface area contributed by atoms with E-state index < -0.39 is 24.3 Å². The maximum Gasteiger partial charge on any atom is 0.350 e. The number of anilines is 1. The van der Waals surface area contributed by atoms with Crippen LogP contribution in [0.5, 0.6) is 0 Å². The van der Waals surface area contributed by atoms with Crippen LogP contribution in [0.15, 0.2) is 36.4 Å². The molecule has 134 valence electrons. The summed E-state index contributed by atoms with van der Waals surface area (Å²) in [7, 11) is 0. The monoisotopic (exact) mass is 411 g/mol. The van der Waals surface area contributed by atoms with Crippen molar-refractivity contribution in [1.82, 2.24) is 0 Å². The molecule has 4 nitrogen and oxygen atoms in total. The number of esters is 1. The summed E-state index contributed by atoms with van der Waals surface area (Å²) >= 11 is 13.2. The first-order valence-corrected chi connectivity index (χ1v) is 9.03. The van der Waals surface area contributed by atoms with Crippen LogP contribution in [0, 0.1) is 12.7 Å². The van der Waals surface area contributed by atoms with Crippen molar-refractivity contribution in [2.75, 3.05) is 11.9 Å². The number of amides is 1. The predicted octanol–water partition coefficient (Wildman–Crippen LogP) is 5.45. The molecule has 0 fully saturated rings. The lowest BCUT2D eigenvalue weighted by molar-refractivity contribution is -0.119. The van der Waals surface area contributed by atoms with E-state index >= 15 is 0 Å². The molecule has 0 spiro atoms. The molecule has 0 atom stereocenters. The highest BCUT2D eigenvalue weighted by Gasteiger charge is 2.20. The molecule has 1 aromatic heterocycles. The smallest absolute Gasteiger partial charge is 0.350 e. The highest BCUT2D eigenvalue weighted by Crippen LogP contribution is 2.36. The summed E-state index contributed by atoms with van der Waals surface area (Å²) < 4.78 is 18.8. The van der Waals surface area contributed by atoms with Gasteiger partial charge >= 0.3 is 5.97 Å². The fourth-order valence-corrected chi connectivity index (χ4v) is 3.98. The zero-order chi connectivity index (χ0) is 18.8. The van der Waals surface area contributed by atoms with Crippen LogP contribution in [0.25, 0.3) is 10.1 Å². The summed E-state index contributed by atoms with van der Waals surface area (Å²) in [6.07, 6.45) is 0. The Labute approximate surface area is 162 Å². The van der Waals surface area contributed by atoms with Crippen LogP contribution in [-0.4, -0.2) is 18.5 Å². The van der Waals surface area contributed by atoms with E-state index in [1.165, 1.54) is 18.2 Å². The number of aryl methyl sites for hydroxylation is 1. The van der Waals surface area contributed by atoms with Gasteiger partial charge in [-0.05, 0) is 42.8 Å². The van der Waals surface area contributed by atoms with Crippen molar-refractivity contribution < 1.29 is 18.7 Å². The third-order valence-corrected chi connectivity index (χ3v) is 5.46. The fraction of sp³-hybridized carbons (Fsp3) is 0.111. The predicted molar refractivity (Wildman–Crippen MR) is 102 cm³/mol. The van der Waals surface area contributed by atoms with Crippen LogP contribution >= 0.6 is 34.5 Å². The van der Waals surface area contributed by atoms with Crippen molar-refractivity contribution in [3.8, 4) is 0 Å². The summed E-state index contributed by atoms with van der Waals surface area (Å²) in [5.74, 6) is -1.71. The summed E-state index contributed by atoms with van der Waals surface area (Å²) in [6.45, 7) is 1.38. The molecule has 0 saturated carbocycles. The van der Waals surface area contributed by atoms with E-state index in [1.807, 2.05) is 6.92 Å². The fourth-order valence-electron chi connectivity index (χ4n) is 2.27. The summed E-state index contributed by atoms with van der Waals surface area (Å²) in [5.41, 5.74) is 1.38. The normalized spacial score (nSPS) is 10.8. The zero-order valence-electron chi connectivity index (χ0n) is 13.4. The molecule has 1 N–H and O–H groups in total. The number of halogens is 3. The number of hydrogen-bond acceptors (Lipinski definition) is 4. The van der Waals surface area contributed by atoms with Gasteiger partial charge in [0.2, 0.25) is 0 Å². The topological polar surface area (TPSA) is 55.4 Å². The second-order valence-electron chi connectivity index (χ2n) is 5.49. The molecule has 0 bridgehead atoms. The number of carbonyl (C=O) groups is 2. The molecule has 8 heteroatoms. The number of fused-ring (bicyclic) bond motifs is 1. The van der Waals surface area contributed by atoms with Gasteiger partial charge in [0.05, 0.1) is 15.7 Å². The van der Waals surface area contributed by atoms with Gasteiger partial charge in [-0.2, -0.15) is 0 Å². The number of rotatable bonds is 4. The first-order chi connectivity index (χ1) is 12.3. The van der Waals surface area contributed by atoms with E-state index in [-0.39, 0.29) is 9.90 Å². The molecule has 0 unspecified atom stereocenters. The lowest BCUT2D eigenvalue weighted by Gasteiger charge is -2.08. The largest absolute Gasteiger partial charge is 0.451 e. The molecule has 3 rings (SSSR count). The Bertz CT molecular complexity index is 1020. The molecule has 1 heterocycles. The second-order valence-corrected chi connectivity index (χ2v) is 7.33. The van der Waals surface area contributed by atoms with Gasteiger partial charge in [-0.3, -0.25) is 4.79 Å². The number of hydrogen-bond donors (Lipinski definition) is 1. The third-order valence-electron chi connectivity index (χ3n) is 3.51. The number of nitrogens with one attached hydrogen (secondary N) is 1. The molecule has 2 aromatic carbocycles. The third kappa shape index (κ3) is 3.98. The highest BCUT2D eigenvalue weighted by molar-refractivity contribution is 7.21. The van der Waals surface area contributed by atoms with Crippen molar-refractivity contribution in [3.63, 3.8) is 0 Å². The molecule has 1 amide bonds. The summed E-state index contributed by atoms with van der Waals surface area (Å²) in [5, 5.41) is 3.69. The first-order valence-electron chi connectivity index (χ1n) is 7.46. The minimum atomic E-state index is -0.748. The lowest BCUT2D eigenvalue weighted by Crippen LogP contribution is -2.20. The van der Waals surface area contributed by atoms with Gasteiger partial charge in [0.1, 0.15) is 10.7 Å². The molecule has 0 radical (unpaired) electrons. The standard InChI is InChI=1S/C18H12Cl2FNO3S/c1-9-2-5-13(12(19)6-9)22-15(23)8-25-18(24)17-16(20)11-4-3-10(21)7-14(11)26-17/h2-7H,8H2,1H3,(H,22,23). The van der Waals surface area contributed by atoms with Crippen molar-refractivity contribution >= 4 is 62.2 Å². The average Bonchev–Trinajstić information content (AvgIpc) is 2.91. The Kier molecular flexibility index (Phi) is 5.46. The van der Waals surface area contributed by atoms with Crippen molar-refractivity contribution in [2.24, 2.45) is 0 Å². The Hall–Kier alpha value is -2.15. The van der Waals surface area contributed by atoms with E-state index in [0.717, 1.165) is 16.9 Å². The molecule has 0 aliphatic carbocycles. The van der Waals surface area contributed by atoms with Crippen molar-refractivity contribution in [2.45, 2.75) is 6.92 Å². The van der Waals surface area contributed by atoms with Gasteiger partial charge in [0.25, 0.3) is 5.91 Å². The van der Waals surface area contributed by atoms with Gasteiger partial charge in [0, 0.05) is 10.1 Å². The molecule has 0 aliphatic rings. The van der Waals surface area contributed by atoms with Crippen molar-refractivity contribution in [3.05, 3.63) is 62.7 Å². The minimum absolute atomic E-state index is 0.119. The molecule has 0 saturated heterocycles. The zero-order valence-corrected chi connectivity index (χ0v) is 15.8. The lowest BCUT2D eigenvalue weighted by atomic mass is 10.2. The van der Waals surface area contributed by atoms with Crippen LogP contribution in [0.2, 0.25) is 10.0 Å². The van der Waals surface area contributed by atoms with Gasteiger partial charge < -0.3 is 10.1 Å². The van der Waals surface area contributed by atoms with E-state index in [0.29, 0.717) is 20.8 Å². The second kappa shape index (κ2) is 7.61. The molecule has 26 heavy (non-hydrogen) atoms. The van der Waals surface area contributed by atoms with Crippen LogP contribution in [0.1, 0.15) is 15.2 Å². The molecule has 0 aliphatic heterocycles. The Balaban J connectivity index is 1.67. The van der Waals surface area contributed by atoms with Gasteiger partial charge in [-0.25, -0.2) is 9.18 Å². The van der Waals surface area contributed by atoms with E-state index in [9.17, 15) is 14.0 Å². The van der Waals surface area contributed by atoms with Crippen LogP contribution in [-0.2, 0) is 9.53 Å². The maximum absolute atomic E-state index is 13.3. The quantitative estimate of drug-likeness (QED) is 0.580. The van der Waals surface area contributed by atoms with E-state index in [2.05, 4.69) is 5.32 Å². The summed E-state index contributed by atoms with van der Waals surface area (Å²) in [4.78, 5) is 24.3. The SMILES string of the molecule is Cc1ccc(NC(=O)COC(=O)c2sc3cc(F)ccc3c2Cl)c(Cl)c1. The number of carbonyl (C=O) groups excluding carboxylic acids is 2. The van der Waals surface area contributed by atoms with Crippen LogP contribution < -0.4 is 5.32 Å². The Morgan fingerprint density at radius 3 is 2.69 bits per heavy atom. The first kappa shape index (κ1) is 18.6. The van der Waals surface area contributed by atoms with Crippen LogP contribution in [0.4, 0.5) is 10.1 Å². The average molecular weight is 412 g/mol. The molecule has 3 aromatic rings. The Morgan fingerprint density at radius 2 is 1.96 bits per heavy atom. The summed E-state index contributed by atoms with van der Waals surface area (Å²) in [6, 6.07) is 9.20. The van der Waals surface area contributed by atoms with E-state index in [1.54, 1.807) is 18.2 Å². The van der Waals surface area contributed by atoms with Gasteiger partial charge in [-0.15, -0.1) is 11.3 Å². The Morgan fingerprint density at radius 1 is 1.19 bits per heavy atom. The molecular weight excluding hydrogens is 400 g/mol.